The smallest absolute Gasteiger partial charge is 0.168 e. The molecule has 0 aromatic carbocycles. The van der Waals surface area contributed by atoms with Gasteiger partial charge in [0.05, 0.1) is 6.26 Å². The fourth-order valence-electron chi connectivity index (χ4n) is 1.48. The number of furan rings is 1. The lowest BCUT2D eigenvalue weighted by atomic mass is 10.3. The Balaban J connectivity index is 2.41. The van der Waals surface area contributed by atoms with Crippen LogP contribution in [0.4, 0.5) is 0 Å². The van der Waals surface area contributed by atoms with E-state index in [9.17, 15) is 4.79 Å². The van der Waals surface area contributed by atoms with Crippen molar-refractivity contribution in [3.63, 3.8) is 0 Å². The third-order valence-corrected chi connectivity index (χ3v) is 2.14. The molecule has 0 unspecified atom stereocenters. The summed E-state index contributed by atoms with van der Waals surface area (Å²) in [6, 6.07) is 3.57. The Kier molecular flexibility index (Phi) is 2.67. The fraction of sp³-hybridized carbons (Fsp3) is 0.273. The van der Waals surface area contributed by atoms with Crippen LogP contribution in [0, 0.1) is 0 Å². The summed E-state index contributed by atoms with van der Waals surface area (Å²) in [6.45, 7) is 2.07. The van der Waals surface area contributed by atoms with E-state index in [0.717, 1.165) is 25.0 Å². The van der Waals surface area contributed by atoms with Gasteiger partial charge in [0.2, 0.25) is 0 Å². The summed E-state index contributed by atoms with van der Waals surface area (Å²) in [5, 5.41) is 0. The second-order valence-electron chi connectivity index (χ2n) is 3.29. The van der Waals surface area contributed by atoms with Crippen molar-refractivity contribution < 1.29 is 9.21 Å². The number of H-pyrrole nitrogens is 1. The molecule has 0 saturated heterocycles. The number of imidazole rings is 1. The van der Waals surface area contributed by atoms with Gasteiger partial charge in [0, 0.05) is 6.42 Å². The van der Waals surface area contributed by atoms with E-state index >= 15 is 0 Å². The highest BCUT2D eigenvalue weighted by Crippen LogP contribution is 2.21. The maximum Gasteiger partial charge on any atom is 0.168 e. The Morgan fingerprint density at radius 3 is 3.07 bits per heavy atom. The van der Waals surface area contributed by atoms with Crippen LogP contribution in [0.15, 0.2) is 22.8 Å². The zero-order valence-corrected chi connectivity index (χ0v) is 8.49. The molecule has 78 valence electrons. The molecule has 15 heavy (non-hydrogen) atoms. The van der Waals surface area contributed by atoms with Gasteiger partial charge in [-0.1, -0.05) is 6.92 Å². The van der Waals surface area contributed by atoms with E-state index in [-0.39, 0.29) is 0 Å². The number of hydrogen-bond acceptors (Lipinski definition) is 3. The van der Waals surface area contributed by atoms with Crippen LogP contribution in [0.25, 0.3) is 11.5 Å². The molecule has 0 bridgehead atoms. The standard InChI is InChI=1S/C11H12N2O2/c1-2-4-10-12-8(7-14)11(13-10)9-5-3-6-15-9/h3,5-7H,2,4H2,1H3,(H,12,13). The van der Waals surface area contributed by atoms with Crippen LogP contribution >= 0.6 is 0 Å². The molecule has 1 N–H and O–H groups in total. The normalized spacial score (nSPS) is 10.5. The van der Waals surface area contributed by atoms with Gasteiger partial charge < -0.3 is 9.40 Å². The summed E-state index contributed by atoms with van der Waals surface area (Å²) in [4.78, 5) is 18.1. The van der Waals surface area contributed by atoms with Crippen molar-refractivity contribution in [2.45, 2.75) is 19.8 Å². The molecule has 0 atom stereocenters. The van der Waals surface area contributed by atoms with Crippen LogP contribution in [0.2, 0.25) is 0 Å². The van der Waals surface area contributed by atoms with Crippen molar-refractivity contribution in [1.82, 2.24) is 9.97 Å². The number of carbonyl (C=O) groups is 1. The average Bonchev–Trinajstić information content (AvgIpc) is 2.84. The SMILES string of the molecule is CCCc1nc(-c2ccco2)c(C=O)[nH]1. The Labute approximate surface area is 87.3 Å². The molecule has 0 fully saturated rings. The maximum atomic E-state index is 10.8. The zero-order valence-electron chi connectivity index (χ0n) is 8.49. The topological polar surface area (TPSA) is 58.9 Å². The largest absolute Gasteiger partial charge is 0.463 e. The average molecular weight is 204 g/mol. The van der Waals surface area contributed by atoms with Gasteiger partial charge >= 0.3 is 0 Å². The number of aldehydes is 1. The minimum atomic E-state index is 0.480. The third kappa shape index (κ3) is 1.83. The van der Waals surface area contributed by atoms with Gasteiger partial charge in [-0.3, -0.25) is 4.79 Å². The minimum absolute atomic E-state index is 0.480. The minimum Gasteiger partial charge on any atom is -0.463 e. The lowest BCUT2D eigenvalue weighted by Crippen LogP contribution is -1.85. The molecule has 2 aromatic heterocycles. The van der Waals surface area contributed by atoms with E-state index in [4.69, 9.17) is 4.42 Å². The summed E-state index contributed by atoms with van der Waals surface area (Å²) in [5.74, 6) is 1.45. The van der Waals surface area contributed by atoms with Crippen LogP contribution in [-0.4, -0.2) is 16.3 Å². The van der Waals surface area contributed by atoms with Crippen molar-refractivity contribution in [3.8, 4) is 11.5 Å². The van der Waals surface area contributed by atoms with Crippen LogP contribution < -0.4 is 0 Å². The van der Waals surface area contributed by atoms with E-state index in [0.29, 0.717) is 17.1 Å². The number of nitrogens with zero attached hydrogens (tertiary/aromatic N) is 1. The number of aromatic amines is 1. The van der Waals surface area contributed by atoms with Gasteiger partial charge in [-0.25, -0.2) is 4.98 Å². The van der Waals surface area contributed by atoms with Gasteiger partial charge in [-0.2, -0.15) is 0 Å². The highest BCUT2D eigenvalue weighted by atomic mass is 16.3. The predicted molar refractivity (Wildman–Crippen MR) is 55.7 cm³/mol. The Morgan fingerprint density at radius 1 is 1.60 bits per heavy atom. The van der Waals surface area contributed by atoms with Crippen molar-refractivity contribution >= 4 is 6.29 Å². The molecule has 2 rings (SSSR count). The molecule has 0 aliphatic heterocycles. The first kappa shape index (κ1) is 9.71. The first-order valence-corrected chi connectivity index (χ1v) is 4.93. The van der Waals surface area contributed by atoms with E-state index in [1.165, 1.54) is 0 Å². The summed E-state index contributed by atoms with van der Waals surface area (Å²) >= 11 is 0. The summed E-state index contributed by atoms with van der Waals surface area (Å²) in [7, 11) is 0. The number of aryl methyl sites for hydroxylation is 1. The highest BCUT2D eigenvalue weighted by molar-refractivity contribution is 5.82. The first-order valence-electron chi connectivity index (χ1n) is 4.93. The van der Waals surface area contributed by atoms with Crippen LogP contribution in [0.5, 0.6) is 0 Å². The Hall–Kier alpha value is -1.84. The Morgan fingerprint density at radius 2 is 2.47 bits per heavy atom. The van der Waals surface area contributed by atoms with Gasteiger partial charge in [0.25, 0.3) is 0 Å². The number of nitrogens with one attached hydrogen (secondary N) is 1. The van der Waals surface area contributed by atoms with Crippen LogP contribution in [0.3, 0.4) is 0 Å². The number of carbonyl (C=O) groups excluding carboxylic acids is 1. The van der Waals surface area contributed by atoms with Crippen molar-refractivity contribution in [2.24, 2.45) is 0 Å². The molecule has 2 aromatic rings. The van der Waals surface area contributed by atoms with Crippen molar-refractivity contribution in [1.29, 1.82) is 0 Å². The second kappa shape index (κ2) is 4.13. The van der Waals surface area contributed by atoms with Gasteiger partial charge in [0.15, 0.2) is 12.0 Å². The van der Waals surface area contributed by atoms with E-state index in [1.807, 2.05) is 0 Å². The predicted octanol–water partition coefficient (Wildman–Crippen LogP) is 2.43. The summed E-state index contributed by atoms with van der Waals surface area (Å²) < 4.78 is 5.21. The number of hydrogen-bond donors (Lipinski definition) is 1. The molecule has 0 radical (unpaired) electrons. The van der Waals surface area contributed by atoms with Crippen LogP contribution in [-0.2, 0) is 6.42 Å². The molecular formula is C11H12N2O2. The molecule has 0 saturated carbocycles. The third-order valence-electron chi connectivity index (χ3n) is 2.14. The first-order chi connectivity index (χ1) is 7.35. The molecule has 0 spiro atoms. The lowest BCUT2D eigenvalue weighted by Gasteiger charge is -1.89. The van der Waals surface area contributed by atoms with E-state index < -0.39 is 0 Å². The summed E-state index contributed by atoms with van der Waals surface area (Å²) in [6.07, 6.45) is 4.16. The molecule has 0 aliphatic carbocycles. The molecule has 0 amide bonds. The number of aromatic nitrogens is 2. The molecule has 0 aliphatic rings. The van der Waals surface area contributed by atoms with Crippen molar-refractivity contribution in [2.75, 3.05) is 0 Å². The molecular weight excluding hydrogens is 192 g/mol. The summed E-state index contributed by atoms with van der Waals surface area (Å²) in [5.41, 5.74) is 1.08. The van der Waals surface area contributed by atoms with Gasteiger partial charge in [-0.15, -0.1) is 0 Å². The molecule has 2 heterocycles. The van der Waals surface area contributed by atoms with Gasteiger partial charge in [-0.05, 0) is 18.6 Å². The molecule has 4 nitrogen and oxygen atoms in total. The zero-order chi connectivity index (χ0) is 10.7. The number of rotatable bonds is 4. The van der Waals surface area contributed by atoms with Crippen LogP contribution in [0.1, 0.15) is 29.7 Å². The quantitative estimate of drug-likeness (QED) is 0.778. The fourth-order valence-corrected chi connectivity index (χ4v) is 1.48. The van der Waals surface area contributed by atoms with E-state index in [1.54, 1.807) is 18.4 Å². The monoisotopic (exact) mass is 204 g/mol. The Bertz CT molecular complexity index is 443. The van der Waals surface area contributed by atoms with Gasteiger partial charge in [0.1, 0.15) is 17.2 Å². The maximum absolute atomic E-state index is 10.8. The van der Waals surface area contributed by atoms with E-state index in [2.05, 4.69) is 16.9 Å². The van der Waals surface area contributed by atoms with Crippen molar-refractivity contribution in [3.05, 3.63) is 29.9 Å². The lowest BCUT2D eigenvalue weighted by molar-refractivity contribution is 0.112. The second-order valence-corrected chi connectivity index (χ2v) is 3.29. The molecule has 4 heteroatoms. The highest BCUT2D eigenvalue weighted by Gasteiger charge is 2.12.